The van der Waals surface area contributed by atoms with E-state index in [1.165, 1.54) is 12.1 Å². The molecule has 0 spiro atoms. The lowest BCUT2D eigenvalue weighted by molar-refractivity contribution is -0.132. The molecule has 0 radical (unpaired) electrons. The number of nitrogens with zero attached hydrogens (tertiary/aromatic N) is 2. The van der Waals surface area contributed by atoms with Gasteiger partial charge >= 0.3 is 0 Å². The molecule has 1 aromatic carbocycles. The highest BCUT2D eigenvalue weighted by molar-refractivity contribution is 5.94. The molecule has 1 unspecified atom stereocenters. The van der Waals surface area contributed by atoms with Crippen LogP contribution in [0.4, 0.5) is 10.1 Å². The normalized spacial score (nSPS) is 15.2. The molecule has 1 aromatic rings. The van der Waals surface area contributed by atoms with Crippen LogP contribution in [0.15, 0.2) is 24.3 Å². The highest BCUT2D eigenvalue weighted by Gasteiger charge is 2.27. The topological polar surface area (TPSA) is 73.9 Å². The minimum atomic E-state index is -0.387. The molecule has 1 saturated heterocycles. The van der Waals surface area contributed by atoms with E-state index in [2.05, 4.69) is 10.6 Å². The van der Waals surface area contributed by atoms with E-state index in [1.54, 1.807) is 24.1 Å². The van der Waals surface area contributed by atoms with Gasteiger partial charge in [0.2, 0.25) is 11.8 Å². The molecule has 0 aromatic heterocycles. The monoisotopic (exact) mass is 438 g/mol. The summed E-state index contributed by atoms with van der Waals surface area (Å²) in [4.78, 5) is 28.3. The molecule has 1 atom stereocenters. The van der Waals surface area contributed by atoms with Gasteiger partial charge in [-0.3, -0.25) is 14.5 Å². The first-order chi connectivity index (χ1) is 12.5. The minimum Gasteiger partial charge on any atom is -0.383 e. The third kappa shape index (κ3) is 8.28. The predicted molar refractivity (Wildman–Crippen MR) is 112 cm³/mol. The molecule has 28 heavy (non-hydrogen) atoms. The first-order valence-corrected chi connectivity index (χ1v) is 8.79. The molecule has 1 aliphatic heterocycles. The second-order valence-electron chi connectivity index (χ2n) is 6.26. The molecule has 1 aliphatic rings. The Kier molecular flexibility index (Phi) is 13.0. The molecule has 10 heteroatoms. The molecule has 2 amide bonds. The third-order valence-corrected chi connectivity index (χ3v) is 4.45. The molecular formula is C18H29Cl2FN4O3. The van der Waals surface area contributed by atoms with Crippen molar-refractivity contribution in [3.8, 4) is 0 Å². The Morgan fingerprint density at radius 3 is 2.50 bits per heavy atom. The molecule has 160 valence electrons. The highest BCUT2D eigenvalue weighted by atomic mass is 35.5. The summed E-state index contributed by atoms with van der Waals surface area (Å²) in [6, 6.07) is 5.48. The fourth-order valence-electron chi connectivity index (χ4n) is 2.82. The number of carbonyl (C=O) groups is 2. The number of rotatable bonds is 8. The zero-order chi connectivity index (χ0) is 18.9. The summed E-state index contributed by atoms with van der Waals surface area (Å²) < 4.78 is 18.1. The van der Waals surface area contributed by atoms with Crippen molar-refractivity contribution < 1.29 is 18.7 Å². The molecule has 2 rings (SSSR count). The molecule has 0 saturated carbocycles. The van der Waals surface area contributed by atoms with Gasteiger partial charge in [-0.2, -0.15) is 0 Å². The Labute approximate surface area is 177 Å². The van der Waals surface area contributed by atoms with Crippen LogP contribution in [0.2, 0.25) is 0 Å². The van der Waals surface area contributed by atoms with Crippen molar-refractivity contribution in [2.75, 3.05) is 58.3 Å². The van der Waals surface area contributed by atoms with Gasteiger partial charge in [0.05, 0.1) is 19.2 Å². The average Bonchev–Trinajstić information content (AvgIpc) is 2.64. The van der Waals surface area contributed by atoms with Gasteiger partial charge in [-0.15, -0.1) is 24.8 Å². The number of hydrogen-bond acceptors (Lipinski definition) is 5. The van der Waals surface area contributed by atoms with Crippen molar-refractivity contribution in [1.82, 2.24) is 15.1 Å². The van der Waals surface area contributed by atoms with E-state index < -0.39 is 0 Å². The summed E-state index contributed by atoms with van der Waals surface area (Å²) >= 11 is 0. The maximum absolute atomic E-state index is 13.2. The molecule has 1 fully saturated rings. The third-order valence-electron chi connectivity index (χ3n) is 4.45. The summed E-state index contributed by atoms with van der Waals surface area (Å²) in [5, 5.41) is 5.77. The van der Waals surface area contributed by atoms with Crippen molar-refractivity contribution in [2.45, 2.75) is 13.0 Å². The zero-order valence-corrected chi connectivity index (χ0v) is 17.8. The predicted octanol–water partition coefficient (Wildman–Crippen LogP) is 1.38. The number of ether oxygens (including phenoxy) is 1. The minimum absolute atomic E-state index is 0. The number of hydrogen-bond donors (Lipinski definition) is 2. The van der Waals surface area contributed by atoms with Crippen molar-refractivity contribution >= 4 is 42.3 Å². The van der Waals surface area contributed by atoms with Gasteiger partial charge in [-0.05, 0) is 25.1 Å². The number of benzene rings is 1. The van der Waals surface area contributed by atoms with Gasteiger partial charge in [0, 0.05) is 45.5 Å². The number of methoxy groups -OCH3 is 1. The van der Waals surface area contributed by atoms with E-state index in [4.69, 9.17) is 4.74 Å². The van der Waals surface area contributed by atoms with E-state index >= 15 is 0 Å². The Balaban J connectivity index is 0.00000364. The standard InChI is InChI=1S/C18H27FN4O3.2ClH/c1-14(18(25)21-16-5-3-4-15(19)12-16)22-7-9-23(10-8-22)17(24)13-20-6-11-26-2;;/h3-5,12,14,20H,6-11,13H2,1-2H3,(H,21,25);2*1H. The van der Waals surface area contributed by atoms with E-state index in [1.807, 2.05) is 11.8 Å². The Morgan fingerprint density at radius 1 is 1.21 bits per heavy atom. The molecule has 0 aliphatic carbocycles. The molecular weight excluding hydrogens is 410 g/mol. The fraction of sp³-hybridized carbons (Fsp3) is 0.556. The summed E-state index contributed by atoms with van der Waals surface area (Å²) in [5.74, 6) is -0.518. The van der Waals surface area contributed by atoms with Crippen LogP contribution in [0.25, 0.3) is 0 Å². The Hall–Kier alpha value is -1.45. The van der Waals surface area contributed by atoms with Crippen LogP contribution in [0.5, 0.6) is 0 Å². The van der Waals surface area contributed by atoms with Crippen LogP contribution in [-0.4, -0.2) is 80.6 Å². The van der Waals surface area contributed by atoms with Crippen LogP contribution in [0.1, 0.15) is 6.92 Å². The summed E-state index contributed by atoms with van der Waals surface area (Å²) in [6.45, 7) is 5.74. The lowest BCUT2D eigenvalue weighted by Crippen LogP contribution is -2.55. The first kappa shape index (κ1) is 26.6. The van der Waals surface area contributed by atoms with Crippen molar-refractivity contribution in [2.24, 2.45) is 0 Å². The average molecular weight is 439 g/mol. The van der Waals surface area contributed by atoms with Gasteiger partial charge in [0.1, 0.15) is 5.82 Å². The first-order valence-electron chi connectivity index (χ1n) is 8.79. The molecule has 1 heterocycles. The largest absolute Gasteiger partial charge is 0.383 e. The quantitative estimate of drug-likeness (QED) is 0.599. The van der Waals surface area contributed by atoms with Crippen LogP contribution in [0, 0.1) is 5.82 Å². The van der Waals surface area contributed by atoms with E-state index in [0.29, 0.717) is 51.6 Å². The Morgan fingerprint density at radius 2 is 1.89 bits per heavy atom. The van der Waals surface area contributed by atoms with Gasteiger partial charge < -0.3 is 20.3 Å². The number of piperazine rings is 1. The Bertz CT molecular complexity index is 616. The highest BCUT2D eigenvalue weighted by Crippen LogP contribution is 2.12. The second kappa shape index (κ2) is 13.7. The number of nitrogens with one attached hydrogen (secondary N) is 2. The maximum atomic E-state index is 13.2. The number of amides is 2. The lowest BCUT2D eigenvalue weighted by Gasteiger charge is -2.37. The van der Waals surface area contributed by atoms with Gasteiger partial charge in [-0.25, -0.2) is 4.39 Å². The van der Waals surface area contributed by atoms with Crippen molar-refractivity contribution in [3.63, 3.8) is 0 Å². The van der Waals surface area contributed by atoms with Crippen LogP contribution in [-0.2, 0) is 14.3 Å². The smallest absolute Gasteiger partial charge is 0.241 e. The number of halogens is 3. The van der Waals surface area contributed by atoms with Crippen LogP contribution in [0.3, 0.4) is 0 Å². The van der Waals surface area contributed by atoms with Crippen molar-refractivity contribution in [3.05, 3.63) is 30.1 Å². The molecule has 2 N–H and O–H groups in total. The fourth-order valence-corrected chi connectivity index (χ4v) is 2.82. The second-order valence-corrected chi connectivity index (χ2v) is 6.26. The number of carbonyl (C=O) groups excluding carboxylic acids is 2. The SMILES string of the molecule is COCCNCC(=O)N1CCN(C(C)C(=O)Nc2cccc(F)c2)CC1.Cl.Cl. The zero-order valence-electron chi connectivity index (χ0n) is 16.2. The van der Waals surface area contributed by atoms with Gasteiger partial charge in [-0.1, -0.05) is 6.07 Å². The summed E-state index contributed by atoms with van der Waals surface area (Å²) in [6.07, 6.45) is 0. The number of anilines is 1. The maximum Gasteiger partial charge on any atom is 0.241 e. The van der Waals surface area contributed by atoms with Crippen LogP contribution < -0.4 is 10.6 Å². The molecule has 7 nitrogen and oxygen atoms in total. The van der Waals surface area contributed by atoms with E-state index in [-0.39, 0.29) is 48.5 Å². The van der Waals surface area contributed by atoms with Crippen molar-refractivity contribution in [1.29, 1.82) is 0 Å². The van der Waals surface area contributed by atoms with Gasteiger partial charge in [0.15, 0.2) is 0 Å². The van der Waals surface area contributed by atoms with E-state index in [9.17, 15) is 14.0 Å². The lowest BCUT2D eigenvalue weighted by atomic mass is 10.2. The van der Waals surface area contributed by atoms with Gasteiger partial charge in [0.25, 0.3) is 0 Å². The molecule has 0 bridgehead atoms. The summed E-state index contributed by atoms with van der Waals surface area (Å²) in [5.41, 5.74) is 0.442. The van der Waals surface area contributed by atoms with Crippen LogP contribution >= 0.6 is 24.8 Å². The van der Waals surface area contributed by atoms with E-state index in [0.717, 1.165) is 0 Å². The summed E-state index contributed by atoms with van der Waals surface area (Å²) in [7, 11) is 1.62.